The first-order valence-electron chi connectivity index (χ1n) is 12.5. The van der Waals surface area contributed by atoms with Gasteiger partial charge >= 0.3 is 52.5 Å². The zero-order valence-corrected chi connectivity index (χ0v) is 27.8. The molecule has 0 saturated heterocycles. The van der Waals surface area contributed by atoms with Crippen LogP contribution in [0.2, 0.25) is 0 Å². The van der Waals surface area contributed by atoms with Crippen LogP contribution in [0.25, 0.3) is 34.0 Å². The fourth-order valence-corrected chi connectivity index (χ4v) is 3.66. The monoisotopic (exact) mass is 839 g/mol. The van der Waals surface area contributed by atoms with E-state index in [-0.39, 0.29) is 19.5 Å². The summed E-state index contributed by atoms with van der Waals surface area (Å²) < 4.78 is 60.4. The molecule has 0 aliphatic carbocycles. The van der Waals surface area contributed by atoms with Crippen molar-refractivity contribution in [2.24, 2.45) is 0 Å². The van der Waals surface area contributed by atoms with Gasteiger partial charge in [0.15, 0.2) is 0 Å². The number of nitrogens with zero attached hydrogens (tertiary/aromatic N) is 5. The zero-order chi connectivity index (χ0) is 32.0. The van der Waals surface area contributed by atoms with E-state index in [9.17, 15) is 25.2 Å². The van der Waals surface area contributed by atoms with E-state index >= 15 is 0 Å². The van der Waals surface area contributed by atoms with Gasteiger partial charge in [-0.15, -0.1) is 29.8 Å². The van der Waals surface area contributed by atoms with Crippen LogP contribution < -0.4 is 0 Å². The van der Waals surface area contributed by atoms with Crippen LogP contribution in [0.4, 0.5) is 25.2 Å². The normalized spacial score (nSPS) is 11.6. The molecule has 234 valence electrons. The molecule has 1 aromatic carbocycles. The van der Waals surface area contributed by atoms with Gasteiger partial charge in [0.25, 0.3) is 0 Å². The Morgan fingerprint density at radius 3 is 1.00 bits per heavy atom. The third-order valence-electron chi connectivity index (χ3n) is 4.89. The Labute approximate surface area is 282 Å². The molecule has 0 radical (unpaired) electrons. The molecule has 0 spiro atoms. The van der Waals surface area contributed by atoms with Crippen LogP contribution >= 0.6 is 30.4 Å². The second-order valence-electron chi connectivity index (χ2n) is 8.45. The van der Waals surface area contributed by atoms with Crippen molar-refractivity contribution in [3.8, 4) is 34.0 Å². The Hall–Kier alpha value is -3.67. The SMILES string of the molecule is F[P-](F)(F)(F)(F)F.Ic1cc[c-]c(-c2ccccn2)c1.[Ru+2].c1ccc(-c2ccccn2)nc1.c1ccc(-c2ccccn2)nc1. The molecule has 45 heavy (non-hydrogen) atoms. The minimum Gasteiger partial charge on any atom is -0.305 e. The number of benzene rings is 1. The Morgan fingerprint density at radius 1 is 0.467 bits per heavy atom. The van der Waals surface area contributed by atoms with E-state index in [1.54, 1.807) is 31.0 Å². The van der Waals surface area contributed by atoms with Crippen LogP contribution in [0.1, 0.15) is 0 Å². The Balaban J connectivity index is 0.000000212. The summed E-state index contributed by atoms with van der Waals surface area (Å²) in [5, 5.41) is 0. The second kappa shape index (κ2) is 16.6. The molecule has 0 aliphatic rings. The third-order valence-corrected chi connectivity index (χ3v) is 5.56. The number of hydrogen-bond donors (Lipinski definition) is 0. The van der Waals surface area contributed by atoms with Gasteiger partial charge in [-0.3, -0.25) is 19.9 Å². The van der Waals surface area contributed by atoms with Gasteiger partial charge in [0, 0.05) is 31.0 Å². The summed E-state index contributed by atoms with van der Waals surface area (Å²) in [6, 6.07) is 38.2. The summed E-state index contributed by atoms with van der Waals surface area (Å²) in [6.45, 7) is 0. The average Bonchev–Trinajstić information content (AvgIpc) is 3.02. The van der Waals surface area contributed by atoms with E-state index in [1.165, 1.54) is 3.57 Å². The van der Waals surface area contributed by atoms with Gasteiger partial charge in [-0.25, -0.2) is 0 Å². The van der Waals surface area contributed by atoms with Gasteiger partial charge in [-0.1, -0.05) is 62.6 Å². The van der Waals surface area contributed by atoms with Gasteiger partial charge < -0.3 is 4.98 Å². The van der Waals surface area contributed by atoms with Gasteiger partial charge in [0.05, 0.1) is 22.8 Å². The topological polar surface area (TPSA) is 64.5 Å². The molecular weight excluding hydrogens is 815 g/mol. The molecular formula is C31H23F6IN5PRu. The molecule has 0 atom stereocenters. The summed E-state index contributed by atoms with van der Waals surface area (Å²) >= 11 is 2.28. The Bertz CT molecular complexity index is 1530. The first kappa shape index (κ1) is 37.5. The smallest absolute Gasteiger partial charge is 0.305 e. The van der Waals surface area contributed by atoms with Crippen molar-refractivity contribution in [1.29, 1.82) is 0 Å². The van der Waals surface area contributed by atoms with E-state index in [2.05, 4.69) is 59.6 Å². The quantitative estimate of drug-likeness (QED) is 0.0584. The summed E-state index contributed by atoms with van der Waals surface area (Å²) in [6.07, 6.45) is 8.87. The number of pyridine rings is 5. The number of rotatable bonds is 3. The minimum absolute atomic E-state index is 0. The van der Waals surface area contributed by atoms with Crippen LogP contribution in [0.15, 0.2) is 140 Å². The molecule has 0 unspecified atom stereocenters. The van der Waals surface area contributed by atoms with E-state index in [0.29, 0.717) is 0 Å². The van der Waals surface area contributed by atoms with Gasteiger partial charge in [-0.2, -0.15) is 0 Å². The van der Waals surface area contributed by atoms with Gasteiger partial charge in [0.2, 0.25) is 0 Å². The van der Waals surface area contributed by atoms with Crippen molar-refractivity contribution in [2.75, 3.05) is 0 Å². The maximum absolute atomic E-state index is 10.7. The predicted molar refractivity (Wildman–Crippen MR) is 170 cm³/mol. The molecule has 14 heteroatoms. The zero-order valence-electron chi connectivity index (χ0n) is 23.0. The number of hydrogen-bond acceptors (Lipinski definition) is 5. The average molecular weight is 838 g/mol. The molecule has 6 rings (SSSR count). The van der Waals surface area contributed by atoms with Crippen LogP contribution in [-0.2, 0) is 19.5 Å². The summed E-state index contributed by atoms with van der Waals surface area (Å²) in [5.74, 6) is 0. The predicted octanol–water partition coefficient (Wildman–Crippen LogP) is 10.8. The fraction of sp³-hybridized carbons (Fsp3) is 0. The summed E-state index contributed by atoms with van der Waals surface area (Å²) in [7, 11) is -10.7. The molecule has 5 heterocycles. The first-order valence-corrected chi connectivity index (χ1v) is 15.7. The number of halogens is 7. The Morgan fingerprint density at radius 2 is 0.756 bits per heavy atom. The molecule has 0 saturated carbocycles. The fourth-order valence-electron chi connectivity index (χ4n) is 3.17. The molecule has 0 fully saturated rings. The first-order chi connectivity index (χ1) is 20.7. The summed E-state index contributed by atoms with van der Waals surface area (Å²) in [5.41, 5.74) is 5.68. The maximum Gasteiger partial charge on any atom is 2.00 e. The molecule has 0 aliphatic heterocycles. The standard InChI is InChI=1S/C11H7IN.2C10H8N2.F6P.Ru/c12-10-5-3-4-9(8-10)11-6-1-2-7-13-11;2*1-3-7-11-9(5-1)10-6-2-4-8-12-10;1-7(2,3,4,5)6;/h1-3,5-8H;2*1-8H;;/q-1;;;-1;+2. The van der Waals surface area contributed by atoms with Crippen LogP contribution in [0.3, 0.4) is 0 Å². The minimum atomic E-state index is -10.7. The van der Waals surface area contributed by atoms with Crippen molar-refractivity contribution in [3.63, 3.8) is 0 Å². The summed E-state index contributed by atoms with van der Waals surface area (Å²) in [4.78, 5) is 21.0. The molecule has 0 N–H and O–H groups in total. The largest absolute Gasteiger partial charge is 2.00 e. The molecule has 0 amide bonds. The van der Waals surface area contributed by atoms with E-state index in [4.69, 9.17) is 0 Å². The molecule has 5 aromatic heterocycles. The molecule has 0 bridgehead atoms. The van der Waals surface area contributed by atoms with Crippen LogP contribution in [-0.4, -0.2) is 24.9 Å². The third kappa shape index (κ3) is 17.4. The molecule has 5 nitrogen and oxygen atoms in total. The molecule has 6 aromatic rings. The van der Waals surface area contributed by atoms with Gasteiger partial charge in [-0.05, 0) is 60.3 Å². The second-order valence-corrected chi connectivity index (χ2v) is 11.6. The number of aromatic nitrogens is 5. The van der Waals surface area contributed by atoms with Crippen molar-refractivity contribution >= 4 is 30.4 Å². The van der Waals surface area contributed by atoms with E-state index in [0.717, 1.165) is 34.0 Å². The van der Waals surface area contributed by atoms with Crippen molar-refractivity contribution in [1.82, 2.24) is 24.9 Å². The maximum atomic E-state index is 9.87. The van der Waals surface area contributed by atoms with E-state index < -0.39 is 7.81 Å². The Kier molecular flexibility index (Phi) is 13.8. The van der Waals surface area contributed by atoms with Crippen LogP contribution in [0, 0.1) is 9.64 Å². The van der Waals surface area contributed by atoms with Crippen molar-refractivity contribution in [3.05, 3.63) is 150 Å². The van der Waals surface area contributed by atoms with E-state index in [1.807, 2.05) is 103 Å². The van der Waals surface area contributed by atoms with Crippen LogP contribution in [0.5, 0.6) is 0 Å². The van der Waals surface area contributed by atoms with Crippen molar-refractivity contribution in [2.45, 2.75) is 0 Å². The van der Waals surface area contributed by atoms with Crippen molar-refractivity contribution < 1.29 is 44.7 Å². The van der Waals surface area contributed by atoms with Gasteiger partial charge in [0.1, 0.15) is 0 Å².